The molecule has 3 atom stereocenters. The average molecular weight is 261 g/mol. The first-order chi connectivity index (χ1) is 8.13. The van der Waals surface area contributed by atoms with E-state index >= 15 is 0 Å². The summed E-state index contributed by atoms with van der Waals surface area (Å²) < 4.78 is 31.5. The van der Waals surface area contributed by atoms with Gasteiger partial charge in [0.15, 0.2) is 11.6 Å². The van der Waals surface area contributed by atoms with Crippen molar-refractivity contribution >= 4 is 11.6 Å². The predicted molar refractivity (Wildman–Crippen MR) is 63.1 cm³/mol. The molecule has 1 aliphatic rings. The van der Waals surface area contributed by atoms with Crippen LogP contribution in [0.5, 0.6) is 0 Å². The summed E-state index contributed by atoms with van der Waals surface area (Å²) in [6, 6.07) is 3.84. The third-order valence-corrected chi connectivity index (χ3v) is 3.88. The number of benzene rings is 1. The summed E-state index contributed by atoms with van der Waals surface area (Å²) in [4.78, 5) is 0. The first kappa shape index (κ1) is 12.8. The van der Waals surface area contributed by atoms with Gasteiger partial charge in [-0.3, -0.25) is 0 Å². The van der Waals surface area contributed by atoms with Crippen LogP contribution in [0.15, 0.2) is 18.2 Å². The molecule has 0 bridgehead atoms. The average Bonchev–Trinajstić information content (AvgIpc) is 2.80. The lowest BCUT2D eigenvalue weighted by atomic mass is 9.91. The van der Waals surface area contributed by atoms with Crippen molar-refractivity contribution in [1.29, 1.82) is 0 Å². The van der Waals surface area contributed by atoms with Crippen LogP contribution in [0.2, 0.25) is 0 Å². The second kappa shape index (κ2) is 5.32. The maximum Gasteiger partial charge on any atom is 0.159 e. The molecule has 0 amide bonds. The number of rotatable bonds is 3. The SMILES string of the molecule is CCC1OCCC1C(Cl)c1ccc(F)c(F)c1. The van der Waals surface area contributed by atoms with Crippen LogP contribution in [-0.2, 0) is 4.74 Å². The smallest absolute Gasteiger partial charge is 0.159 e. The van der Waals surface area contributed by atoms with Crippen molar-refractivity contribution in [1.82, 2.24) is 0 Å². The second-order valence-corrected chi connectivity index (χ2v) is 4.82. The van der Waals surface area contributed by atoms with Gasteiger partial charge < -0.3 is 4.74 Å². The molecule has 0 aromatic heterocycles. The number of ether oxygens (including phenoxy) is 1. The van der Waals surface area contributed by atoms with Crippen molar-refractivity contribution < 1.29 is 13.5 Å². The van der Waals surface area contributed by atoms with Crippen LogP contribution >= 0.6 is 11.6 Å². The van der Waals surface area contributed by atoms with Crippen molar-refractivity contribution in [3.8, 4) is 0 Å². The minimum absolute atomic E-state index is 0.116. The molecule has 1 aliphatic heterocycles. The quantitative estimate of drug-likeness (QED) is 0.745. The number of halogens is 3. The summed E-state index contributed by atoms with van der Waals surface area (Å²) in [5.74, 6) is -1.51. The third kappa shape index (κ3) is 2.61. The van der Waals surface area contributed by atoms with Crippen molar-refractivity contribution in [3.63, 3.8) is 0 Å². The molecule has 3 unspecified atom stereocenters. The van der Waals surface area contributed by atoms with Crippen LogP contribution in [-0.4, -0.2) is 12.7 Å². The van der Waals surface area contributed by atoms with Gasteiger partial charge in [0, 0.05) is 12.5 Å². The maximum absolute atomic E-state index is 13.1. The molecule has 1 aromatic carbocycles. The zero-order valence-electron chi connectivity index (χ0n) is 9.63. The van der Waals surface area contributed by atoms with Crippen molar-refractivity contribution in [3.05, 3.63) is 35.4 Å². The van der Waals surface area contributed by atoms with Gasteiger partial charge in [-0.05, 0) is 30.5 Å². The summed E-state index contributed by atoms with van der Waals surface area (Å²) in [7, 11) is 0. The zero-order valence-corrected chi connectivity index (χ0v) is 10.4. The summed E-state index contributed by atoms with van der Waals surface area (Å²) >= 11 is 6.34. The van der Waals surface area contributed by atoms with E-state index in [4.69, 9.17) is 16.3 Å². The van der Waals surface area contributed by atoms with Crippen LogP contribution in [0.25, 0.3) is 0 Å². The van der Waals surface area contributed by atoms with Crippen LogP contribution < -0.4 is 0 Å². The second-order valence-electron chi connectivity index (χ2n) is 4.35. The molecule has 0 spiro atoms. The Bertz CT molecular complexity index is 397. The summed E-state index contributed by atoms with van der Waals surface area (Å²) in [5.41, 5.74) is 0.625. The van der Waals surface area contributed by atoms with Gasteiger partial charge in [-0.25, -0.2) is 8.78 Å². The van der Waals surface area contributed by atoms with Crippen molar-refractivity contribution in [2.45, 2.75) is 31.2 Å². The maximum atomic E-state index is 13.1. The normalized spacial score (nSPS) is 26.1. The number of hydrogen-bond donors (Lipinski definition) is 0. The van der Waals surface area contributed by atoms with E-state index < -0.39 is 11.6 Å². The fourth-order valence-corrected chi connectivity index (χ4v) is 2.78. The van der Waals surface area contributed by atoms with Crippen LogP contribution in [0.3, 0.4) is 0 Å². The molecular weight excluding hydrogens is 246 g/mol. The fraction of sp³-hybridized carbons (Fsp3) is 0.538. The summed E-state index contributed by atoms with van der Waals surface area (Å²) in [5, 5.41) is -0.322. The van der Waals surface area contributed by atoms with E-state index in [0.29, 0.717) is 12.2 Å². The third-order valence-electron chi connectivity index (χ3n) is 3.30. The van der Waals surface area contributed by atoms with Gasteiger partial charge in [-0.1, -0.05) is 13.0 Å². The molecule has 1 saturated heterocycles. The van der Waals surface area contributed by atoms with Gasteiger partial charge in [-0.15, -0.1) is 11.6 Å². The number of alkyl halides is 1. The number of hydrogen-bond acceptors (Lipinski definition) is 1. The minimum atomic E-state index is -0.847. The Morgan fingerprint density at radius 1 is 1.41 bits per heavy atom. The van der Waals surface area contributed by atoms with Crippen LogP contribution in [0.1, 0.15) is 30.7 Å². The molecule has 17 heavy (non-hydrogen) atoms. The lowest BCUT2D eigenvalue weighted by molar-refractivity contribution is 0.0864. The van der Waals surface area contributed by atoms with E-state index in [1.165, 1.54) is 6.07 Å². The Morgan fingerprint density at radius 3 is 2.82 bits per heavy atom. The van der Waals surface area contributed by atoms with Gasteiger partial charge >= 0.3 is 0 Å². The monoisotopic (exact) mass is 260 g/mol. The lowest BCUT2D eigenvalue weighted by Gasteiger charge is -2.22. The highest BCUT2D eigenvalue weighted by Gasteiger charge is 2.33. The topological polar surface area (TPSA) is 9.23 Å². The largest absolute Gasteiger partial charge is 0.378 e. The van der Waals surface area contributed by atoms with Crippen molar-refractivity contribution in [2.24, 2.45) is 5.92 Å². The van der Waals surface area contributed by atoms with Gasteiger partial charge in [0.1, 0.15) is 0 Å². The Kier molecular flexibility index (Phi) is 4.00. The van der Waals surface area contributed by atoms with E-state index in [1.54, 1.807) is 6.07 Å². The molecule has 1 nitrogen and oxygen atoms in total. The molecule has 4 heteroatoms. The molecule has 1 aromatic rings. The van der Waals surface area contributed by atoms with Gasteiger partial charge in [-0.2, -0.15) is 0 Å². The molecule has 0 saturated carbocycles. The van der Waals surface area contributed by atoms with Crippen molar-refractivity contribution in [2.75, 3.05) is 6.61 Å². The van der Waals surface area contributed by atoms with E-state index in [0.717, 1.165) is 18.9 Å². The van der Waals surface area contributed by atoms with E-state index in [1.807, 2.05) is 6.92 Å². The van der Waals surface area contributed by atoms with Crippen LogP contribution in [0.4, 0.5) is 8.78 Å². The molecule has 0 N–H and O–H groups in total. The van der Waals surface area contributed by atoms with E-state index in [-0.39, 0.29) is 17.4 Å². The lowest BCUT2D eigenvalue weighted by Crippen LogP contribution is -2.19. The fourth-order valence-electron chi connectivity index (χ4n) is 2.35. The molecule has 1 heterocycles. The summed E-state index contributed by atoms with van der Waals surface area (Å²) in [6.45, 7) is 2.73. The predicted octanol–water partition coefficient (Wildman–Crippen LogP) is 4.06. The molecule has 1 fully saturated rings. The Hall–Kier alpha value is -0.670. The standard InChI is InChI=1S/C13H15ClF2O/c1-2-12-9(5-6-17-12)13(14)8-3-4-10(15)11(16)7-8/h3-4,7,9,12-13H,2,5-6H2,1H3. The van der Waals surface area contributed by atoms with E-state index in [9.17, 15) is 8.78 Å². The molecule has 0 radical (unpaired) electrons. The Labute approximate surface area is 105 Å². The van der Waals surface area contributed by atoms with Crippen LogP contribution in [0, 0.1) is 17.6 Å². The Morgan fingerprint density at radius 2 is 2.18 bits per heavy atom. The molecule has 2 rings (SSSR count). The molecule has 0 aliphatic carbocycles. The minimum Gasteiger partial charge on any atom is -0.378 e. The van der Waals surface area contributed by atoms with Gasteiger partial charge in [0.25, 0.3) is 0 Å². The first-order valence-electron chi connectivity index (χ1n) is 5.84. The Balaban J connectivity index is 2.18. The van der Waals surface area contributed by atoms with Gasteiger partial charge in [0.2, 0.25) is 0 Å². The summed E-state index contributed by atoms with van der Waals surface area (Å²) in [6.07, 6.45) is 1.87. The van der Waals surface area contributed by atoms with Gasteiger partial charge in [0.05, 0.1) is 11.5 Å². The molecular formula is C13H15ClF2O. The first-order valence-corrected chi connectivity index (χ1v) is 6.27. The highest BCUT2D eigenvalue weighted by atomic mass is 35.5. The molecule has 94 valence electrons. The highest BCUT2D eigenvalue weighted by Crippen LogP contribution is 2.39. The van der Waals surface area contributed by atoms with E-state index in [2.05, 4.69) is 0 Å². The zero-order chi connectivity index (χ0) is 12.4. The highest BCUT2D eigenvalue weighted by molar-refractivity contribution is 6.21.